The predicted octanol–water partition coefficient (Wildman–Crippen LogP) is 0.980. The van der Waals surface area contributed by atoms with Crippen LogP contribution in [0.1, 0.15) is 13.3 Å². The van der Waals surface area contributed by atoms with Crippen LogP contribution in [0, 0.1) is 11.6 Å². The Hall–Kier alpha value is -1.05. The molecule has 0 bridgehead atoms. The van der Waals surface area contributed by atoms with Gasteiger partial charge in [0.05, 0.1) is 0 Å². The molecule has 1 aromatic rings. The molecule has 0 spiro atoms. The molecule has 7 heteroatoms. The molecular weight excluding hydrogens is 250 g/mol. The zero-order chi connectivity index (χ0) is 13.1. The van der Waals surface area contributed by atoms with E-state index in [0.717, 1.165) is 12.1 Å². The Bertz CT molecular complexity index is 491. The van der Waals surface area contributed by atoms with Crippen LogP contribution in [0.15, 0.2) is 23.1 Å². The molecule has 0 saturated carbocycles. The standard InChI is InChI=1S/C10H14F2N2O2S/c1-7(4-5-13)14-17(15,16)10-6-8(11)2-3-9(10)12/h2-3,6-7,14H,4-5,13H2,1H3. The smallest absolute Gasteiger partial charge is 0.243 e. The number of nitrogens with two attached hydrogens (primary N) is 1. The summed E-state index contributed by atoms with van der Waals surface area (Å²) in [6.07, 6.45) is 0.413. The van der Waals surface area contributed by atoms with Crippen LogP contribution >= 0.6 is 0 Å². The van der Waals surface area contributed by atoms with Crippen LogP contribution < -0.4 is 10.5 Å². The summed E-state index contributed by atoms with van der Waals surface area (Å²) in [4.78, 5) is -0.693. The molecule has 0 radical (unpaired) electrons. The lowest BCUT2D eigenvalue weighted by Gasteiger charge is -2.13. The van der Waals surface area contributed by atoms with Gasteiger partial charge in [-0.3, -0.25) is 0 Å². The number of nitrogens with one attached hydrogen (secondary N) is 1. The van der Waals surface area contributed by atoms with Gasteiger partial charge in [-0.05, 0) is 38.1 Å². The number of hydrogen-bond acceptors (Lipinski definition) is 3. The maximum atomic E-state index is 13.3. The van der Waals surface area contributed by atoms with E-state index in [4.69, 9.17) is 5.73 Å². The van der Waals surface area contributed by atoms with Crippen LogP contribution in [0.4, 0.5) is 8.78 Å². The van der Waals surface area contributed by atoms with E-state index >= 15 is 0 Å². The van der Waals surface area contributed by atoms with Crippen molar-refractivity contribution in [1.82, 2.24) is 4.72 Å². The summed E-state index contributed by atoms with van der Waals surface area (Å²) in [7, 11) is -4.06. The fourth-order valence-corrected chi connectivity index (χ4v) is 2.69. The second kappa shape index (κ2) is 5.52. The maximum absolute atomic E-state index is 13.3. The normalized spacial score (nSPS) is 13.6. The van der Waals surface area contributed by atoms with Gasteiger partial charge in [0.2, 0.25) is 10.0 Å². The largest absolute Gasteiger partial charge is 0.330 e. The van der Waals surface area contributed by atoms with Gasteiger partial charge in [-0.2, -0.15) is 0 Å². The molecule has 0 heterocycles. The Balaban J connectivity index is 3.01. The van der Waals surface area contributed by atoms with Gasteiger partial charge >= 0.3 is 0 Å². The van der Waals surface area contributed by atoms with Gasteiger partial charge in [-0.1, -0.05) is 0 Å². The molecule has 0 fully saturated rings. The third kappa shape index (κ3) is 3.72. The average molecular weight is 264 g/mol. The second-order valence-electron chi connectivity index (χ2n) is 3.67. The van der Waals surface area contributed by atoms with E-state index < -0.39 is 32.6 Å². The predicted molar refractivity (Wildman–Crippen MR) is 59.8 cm³/mol. The molecule has 1 aromatic carbocycles. The topological polar surface area (TPSA) is 72.2 Å². The van der Waals surface area contributed by atoms with Crippen molar-refractivity contribution in [1.29, 1.82) is 0 Å². The Morgan fingerprint density at radius 3 is 2.65 bits per heavy atom. The molecule has 1 atom stereocenters. The van der Waals surface area contributed by atoms with Crippen LogP contribution in [-0.2, 0) is 10.0 Å². The van der Waals surface area contributed by atoms with Gasteiger partial charge in [0.15, 0.2) is 0 Å². The van der Waals surface area contributed by atoms with Crippen LogP contribution in [0.25, 0.3) is 0 Å². The first kappa shape index (κ1) is 14.0. The van der Waals surface area contributed by atoms with Gasteiger partial charge in [0.1, 0.15) is 16.5 Å². The molecule has 1 unspecified atom stereocenters. The van der Waals surface area contributed by atoms with Crippen molar-refractivity contribution in [3.8, 4) is 0 Å². The van der Waals surface area contributed by atoms with Gasteiger partial charge in [-0.15, -0.1) is 0 Å². The third-order valence-corrected chi connectivity index (χ3v) is 3.74. The lowest BCUT2D eigenvalue weighted by molar-refractivity contribution is 0.529. The van der Waals surface area contributed by atoms with Crippen molar-refractivity contribution in [3.05, 3.63) is 29.8 Å². The lowest BCUT2D eigenvalue weighted by Crippen LogP contribution is -2.34. The fraction of sp³-hybridized carbons (Fsp3) is 0.400. The first-order chi connectivity index (χ1) is 7.86. The van der Waals surface area contributed by atoms with E-state index in [9.17, 15) is 17.2 Å². The van der Waals surface area contributed by atoms with Crippen LogP contribution in [0.5, 0.6) is 0 Å². The fourth-order valence-electron chi connectivity index (χ4n) is 1.32. The Morgan fingerprint density at radius 1 is 1.41 bits per heavy atom. The SMILES string of the molecule is CC(CCN)NS(=O)(=O)c1cc(F)ccc1F. The van der Waals surface area contributed by atoms with Crippen molar-refractivity contribution < 1.29 is 17.2 Å². The first-order valence-corrected chi connectivity index (χ1v) is 6.52. The van der Waals surface area contributed by atoms with Gasteiger partial charge in [0, 0.05) is 6.04 Å². The van der Waals surface area contributed by atoms with E-state index in [1.807, 2.05) is 0 Å². The number of hydrogen-bond donors (Lipinski definition) is 2. The van der Waals surface area contributed by atoms with Gasteiger partial charge in [0.25, 0.3) is 0 Å². The highest BCUT2D eigenvalue weighted by molar-refractivity contribution is 7.89. The number of rotatable bonds is 5. The summed E-state index contributed by atoms with van der Waals surface area (Å²) < 4.78 is 51.9. The molecule has 0 amide bonds. The summed E-state index contributed by atoms with van der Waals surface area (Å²) in [5.74, 6) is -1.79. The molecule has 96 valence electrons. The van der Waals surface area contributed by atoms with Crippen molar-refractivity contribution in [2.24, 2.45) is 5.73 Å². The summed E-state index contributed by atoms with van der Waals surface area (Å²) in [5, 5.41) is 0. The highest BCUT2D eigenvalue weighted by Gasteiger charge is 2.21. The second-order valence-corrected chi connectivity index (χ2v) is 5.36. The summed E-state index contributed by atoms with van der Waals surface area (Å²) in [6.45, 7) is 1.90. The van der Waals surface area contributed by atoms with Gasteiger partial charge in [-0.25, -0.2) is 21.9 Å². The molecule has 0 aromatic heterocycles. The van der Waals surface area contributed by atoms with Crippen LogP contribution in [0.2, 0.25) is 0 Å². The van der Waals surface area contributed by atoms with E-state index in [0.29, 0.717) is 19.0 Å². The molecule has 1 rings (SSSR count). The van der Waals surface area contributed by atoms with E-state index in [1.165, 1.54) is 0 Å². The third-order valence-electron chi connectivity index (χ3n) is 2.14. The summed E-state index contributed by atoms with van der Waals surface area (Å²) >= 11 is 0. The molecule has 4 nitrogen and oxygen atoms in total. The van der Waals surface area contributed by atoms with Gasteiger partial charge < -0.3 is 5.73 Å². The molecular formula is C10H14F2N2O2S. The molecule has 3 N–H and O–H groups in total. The van der Waals surface area contributed by atoms with Crippen LogP contribution in [0.3, 0.4) is 0 Å². The summed E-state index contributed by atoms with van der Waals surface area (Å²) in [6, 6.07) is 1.84. The highest BCUT2D eigenvalue weighted by Crippen LogP contribution is 2.16. The zero-order valence-corrected chi connectivity index (χ0v) is 10.1. The Morgan fingerprint density at radius 2 is 2.06 bits per heavy atom. The lowest BCUT2D eigenvalue weighted by atomic mass is 10.3. The van der Waals surface area contributed by atoms with Crippen molar-refractivity contribution in [3.63, 3.8) is 0 Å². The van der Waals surface area contributed by atoms with Crippen molar-refractivity contribution >= 4 is 10.0 Å². The Kier molecular flexibility index (Phi) is 4.55. The van der Waals surface area contributed by atoms with Crippen LogP contribution in [-0.4, -0.2) is 21.0 Å². The highest BCUT2D eigenvalue weighted by atomic mass is 32.2. The number of halogens is 2. The zero-order valence-electron chi connectivity index (χ0n) is 9.28. The number of benzene rings is 1. The molecule has 0 saturated heterocycles. The van der Waals surface area contributed by atoms with E-state index in [-0.39, 0.29) is 0 Å². The minimum absolute atomic E-state index is 0.301. The monoisotopic (exact) mass is 264 g/mol. The molecule has 0 aliphatic carbocycles. The van der Waals surface area contributed by atoms with Crippen molar-refractivity contribution in [2.45, 2.75) is 24.3 Å². The minimum atomic E-state index is -4.06. The van der Waals surface area contributed by atoms with E-state index in [1.54, 1.807) is 6.92 Å². The average Bonchev–Trinajstić information content (AvgIpc) is 2.21. The molecule has 0 aliphatic rings. The maximum Gasteiger partial charge on any atom is 0.243 e. The Labute approximate surface area is 98.9 Å². The summed E-state index contributed by atoms with van der Waals surface area (Å²) in [5.41, 5.74) is 5.27. The molecule has 17 heavy (non-hydrogen) atoms. The number of sulfonamides is 1. The first-order valence-electron chi connectivity index (χ1n) is 5.04. The van der Waals surface area contributed by atoms with E-state index in [2.05, 4.69) is 4.72 Å². The van der Waals surface area contributed by atoms with Crippen molar-refractivity contribution in [2.75, 3.05) is 6.54 Å². The quantitative estimate of drug-likeness (QED) is 0.832. The molecule has 0 aliphatic heterocycles. The minimum Gasteiger partial charge on any atom is -0.330 e.